The second-order valence-electron chi connectivity index (χ2n) is 5.00. The number of ether oxygens (including phenoxy) is 1. The van der Waals surface area contributed by atoms with Crippen LogP contribution in [-0.2, 0) is 4.79 Å². The molecule has 0 atom stereocenters. The SMILES string of the molecule is Cc1cc(C=CC(=O)O)ccc1Oc1cccc(C)c1C. The summed E-state index contributed by atoms with van der Waals surface area (Å²) in [5, 5.41) is 8.64. The monoisotopic (exact) mass is 282 g/mol. The summed E-state index contributed by atoms with van der Waals surface area (Å²) < 4.78 is 5.96. The largest absolute Gasteiger partial charge is 0.478 e. The van der Waals surface area contributed by atoms with Gasteiger partial charge in [-0.2, -0.15) is 0 Å². The van der Waals surface area contributed by atoms with Crippen molar-refractivity contribution in [3.05, 3.63) is 64.7 Å². The Bertz CT molecular complexity index is 700. The molecule has 3 heteroatoms. The molecule has 0 unspecified atom stereocenters. The molecule has 0 bridgehead atoms. The fourth-order valence-corrected chi connectivity index (χ4v) is 2.01. The highest BCUT2D eigenvalue weighted by Gasteiger charge is 2.06. The number of benzene rings is 2. The van der Waals surface area contributed by atoms with Crippen LogP contribution in [0, 0.1) is 20.8 Å². The molecular weight excluding hydrogens is 264 g/mol. The number of aliphatic carboxylic acids is 1. The van der Waals surface area contributed by atoms with E-state index in [9.17, 15) is 4.79 Å². The molecule has 2 aromatic rings. The molecule has 2 rings (SSSR count). The number of carboxylic acids is 1. The summed E-state index contributed by atoms with van der Waals surface area (Å²) in [6.07, 6.45) is 2.69. The zero-order valence-corrected chi connectivity index (χ0v) is 12.4. The molecule has 0 aliphatic carbocycles. The first-order chi connectivity index (χ1) is 9.97. The Labute approximate surface area is 124 Å². The third kappa shape index (κ3) is 3.72. The molecular formula is C18H18O3. The molecule has 0 aromatic heterocycles. The Kier molecular flexibility index (Phi) is 4.43. The Hall–Kier alpha value is -2.55. The number of carboxylic acid groups (broad SMARTS) is 1. The van der Waals surface area contributed by atoms with Gasteiger partial charge in [-0.1, -0.05) is 18.2 Å². The van der Waals surface area contributed by atoms with Crippen molar-refractivity contribution in [2.45, 2.75) is 20.8 Å². The molecule has 2 aromatic carbocycles. The minimum Gasteiger partial charge on any atom is -0.478 e. The van der Waals surface area contributed by atoms with Crippen molar-refractivity contribution in [1.82, 2.24) is 0 Å². The van der Waals surface area contributed by atoms with Gasteiger partial charge in [0.15, 0.2) is 0 Å². The molecule has 0 aliphatic heterocycles. The first-order valence-corrected chi connectivity index (χ1v) is 6.73. The molecule has 0 aliphatic rings. The van der Waals surface area contributed by atoms with Crippen LogP contribution in [0.5, 0.6) is 11.5 Å². The molecule has 0 saturated heterocycles. The van der Waals surface area contributed by atoms with Gasteiger partial charge >= 0.3 is 5.97 Å². The molecule has 0 amide bonds. The highest BCUT2D eigenvalue weighted by atomic mass is 16.5. The first kappa shape index (κ1) is 14.9. The second kappa shape index (κ2) is 6.27. The van der Waals surface area contributed by atoms with Gasteiger partial charge in [0, 0.05) is 6.08 Å². The fourth-order valence-electron chi connectivity index (χ4n) is 2.01. The van der Waals surface area contributed by atoms with Crippen LogP contribution in [0.15, 0.2) is 42.5 Å². The third-order valence-corrected chi connectivity index (χ3v) is 3.39. The maximum absolute atomic E-state index is 10.5. The zero-order valence-electron chi connectivity index (χ0n) is 12.4. The standard InChI is InChI=1S/C18H18O3/c1-12-5-4-6-17(14(12)3)21-16-9-7-15(11-13(16)2)8-10-18(19)20/h4-11H,1-3H3,(H,19,20). The summed E-state index contributed by atoms with van der Waals surface area (Å²) in [7, 11) is 0. The molecule has 0 radical (unpaired) electrons. The van der Waals surface area contributed by atoms with Crippen LogP contribution in [0.1, 0.15) is 22.3 Å². The predicted molar refractivity (Wildman–Crippen MR) is 83.8 cm³/mol. The predicted octanol–water partition coefficient (Wildman–Crippen LogP) is 4.50. The molecule has 1 N–H and O–H groups in total. The summed E-state index contributed by atoms with van der Waals surface area (Å²) >= 11 is 0. The lowest BCUT2D eigenvalue weighted by atomic mass is 10.1. The van der Waals surface area contributed by atoms with Gasteiger partial charge in [-0.25, -0.2) is 4.79 Å². The minimum absolute atomic E-state index is 0.774. The van der Waals surface area contributed by atoms with Crippen LogP contribution in [0.3, 0.4) is 0 Å². The topological polar surface area (TPSA) is 46.5 Å². The van der Waals surface area contributed by atoms with Crippen molar-refractivity contribution in [3.8, 4) is 11.5 Å². The van der Waals surface area contributed by atoms with Gasteiger partial charge in [0.05, 0.1) is 0 Å². The van der Waals surface area contributed by atoms with Gasteiger partial charge in [-0.05, 0) is 67.3 Å². The summed E-state index contributed by atoms with van der Waals surface area (Å²) in [4.78, 5) is 10.5. The van der Waals surface area contributed by atoms with E-state index in [-0.39, 0.29) is 0 Å². The maximum atomic E-state index is 10.5. The fraction of sp³-hybridized carbons (Fsp3) is 0.167. The number of carbonyl (C=O) groups is 1. The quantitative estimate of drug-likeness (QED) is 0.840. The number of aryl methyl sites for hydroxylation is 2. The van der Waals surface area contributed by atoms with Gasteiger partial charge in [0.2, 0.25) is 0 Å². The van der Waals surface area contributed by atoms with E-state index in [0.717, 1.165) is 34.3 Å². The van der Waals surface area contributed by atoms with E-state index in [4.69, 9.17) is 9.84 Å². The van der Waals surface area contributed by atoms with Gasteiger partial charge in [-0.3, -0.25) is 0 Å². The van der Waals surface area contributed by atoms with E-state index < -0.39 is 5.97 Å². The van der Waals surface area contributed by atoms with E-state index in [0.29, 0.717) is 0 Å². The summed E-state index contributed by atoms with van der Waals surface area (Å²) in [6.45, 7) is 6.03. The lowest BCUT2D eigenvalue weighted by molar-refractivity contribution is -0.131. The van der Waals surface area contributed by atoms with E-state index in [1.807, 2.05) is 44.2 Å². The van der Waals surface area contributed by atoms with Gasteiger partial charge in [-0.15, -0.1) is 0 Å². The molecule has 0 fully saturated rings. The van der Waals surface area contributed by atoms with Crippen LogP contribution in [-0.4, -0.2) is 11.1 Å². The van der Waals surface area contributed by atoms with Crippen LogP contribution < -0.4 is 4.74 Å². The molecule has 21 heavy (non-hydrogen) atoms. The zero-order chi connectivity index (χ0) is 15.4. The van der Waals surface area contributed by atoms with Gasteiger partial charge in [0.1, 0.15) is 11.5 Å². The van der Waals surface area contributed by atoms with E-state index in [1.165, 1.54) is 5.56 Å². The van der Waals surface area contributed by atoms with Crippen LogP contribution in [0.4, 0.5) is 0 Å². The first-order valence-electron chi connectivity index (χ1n) is 6.73. The Morgan fingerprint density at radius 2 is 1.81 bits per heavy atom. The number of rotatable bonds is 4. The molecule has 0 heterocycles. The summed E-state index contributed by atoms with van der Waals surface area (Å²) in [6, 6.07) is 11.6. The van der Waals surface area contributed by atoms with Crippen LogP contribution >= 0.6 is 0 Å². The van der Waals surface area contributed by atoms with Gasteiger partial charge in [0.25, 0.3) is 0 Å². The highest BCUT2D eigenvalue weighted by Crippen LogP contribution is 2.29. The average molecular weight is 282 g/mol. The number of hydrogen-bond acceptors (Lipinski definition) is 2. The smallest absolute Gasteiger partial charge is 0.328 e. The number of hydrogen-bond donors (Lipinski definition) is 1. The van der Waals surface area contributed by atoms with Crippen molar-refractivity contribution < 1.29 is 14.6 Å². The minimum atomic E-state index is -0.955. The average Bonchev–Trinajstić information content (AvgIpc) is 2.44. The molecule has 0 saturated carbocycles. The normalized spacial score (nSPS) is 10.8. The van der Waals surface area contributed by atoms with E-state index in [2.05, 4.69) is 13.0 Å². The van der Waals surface area contributed by atoms with Crippen molar-refractivity contribution in [2.75, 3.05) is 0 Å². The lowest BCUT2D eigenvalue weighted by Gasteiger charge is -2.12. The van der Waals surface area contributed by atoms with E-state index >= 15 is 0 Å². The molecule has 108 valence electrons. The van der Waals surface area contributed by atoms with Crippen molar-refractivity contribution in [2.24, 2.45) is 0 Å². The van der Waals surface area contributed by atoms with E-state index in [1.54, 1.807) is 6.08 Å². The molecule has 0 spiro atoms. The van der Waals surface area contributed by atoms with Crippen molar-refractivity contribution in [3.63, 3.8) is 0 Å². The highest BCUT2D eigenvalue weighted by molar-refractivity contribution is 5.85. The van der Waals surface area contributed by atoms with Gasteiger partial charge < -0.3 is 9.84 Å². The Morgan fingerprint density at radius 1 is 1.05 bits per heavy atom. The third-order valence-electron chi connectivity index (χ3n) is 3.39. The van der Waals surface area contributed by atoms with Crippen molar-refractivity contribution >= 4 is 12.0 Å². The van der Waals surface area contributed by atoms with Crippen LogP contribution in [0.2, 0.25) is 0 Å². The lowest BCUT2D eigenvalue weighted by Crippen LogP contribution is -1.92. The Balaban J connectivity index is 2.25. The summed E-state index contributed by atoms with van der Waals surface area (Å²) in [5.74, 6) is 0.659. The second-order valence-corrected chi connectivity index (χ2v) is 5.00. The van der Waals surface area contributed by atoms with Crippen LogP contribution in [0.25, 0.3) is 6.08 Å². The van der Waals surface area contributed by atoms with Crippen molar-refractivity contribution in [1.29, 1.82) is 0 Å². The maximum Gasteiger partial charge on any atom is 0.328 e. The molecule has 3 nitrogen and oxygen atoms in total. The summed E-state index contributed by atoms with van der Waals surface area (Å²) in [5.41, 5.74) is 4.10. The Morgan fingerprint density at radius 3 is 2.48 bits per heavy atom.